The highest BCUT2D eigenvalue weighted by Gasteiger charge is 2.43. The van der Waals surface area contributed by atoms with Gasteiger partial charge in [0.25, 0.3) is 0 Å². The Morgan fingerprint density at radius 3 is 3.16 bits per heavy atom. The summed E-state index contributed by atoms with van der Waals surface area (Å²) in [5.41, 5.74) is 1.60. The highest BCUT2D eigenvalue weighted by Crippen LogP contribution is 2.34. The van der Waals surface area contributed by atoms with Crippen LogP contribution >= 0.6 is 0 Å². The Labute approximate surface area is 112 Å². The third-order valence-corrected chi connectivity index (χ3v) is 3.82. The predicted molar refractivity (Wildman–Crippen MR) is 70.7 cm³/mol. The van der Waals surface area contributed by atoms with Crippen molar-refractivity contribution >= 4 is 11.6 Å². The Morgan fingerprint density at radius 2 is 2.42 bits per heavy atom. The van der Waals surface area contributed by atoms with Gasteiger partial charge >= 0.3 is 0 Å². The molecule has 19 heavy (non-hydrogen) atoms. The maximum Gasteiger partial charge on any atom is 0.219 e. The lowest BCUT2D eigenvalue weighted by molar-refractivity contribution is -0.138. The number of pyridine rings is 1. The molecule has 0 saturated carbocycles. The van der Waals surface area contributed by atoms with Crippen molar-refractivity contribution in [1.29, 1.82) is 0 Å². The molecule has 3 rings (SSSR count). The quantitative estimate of drug-likeness (QED) is 0.769. The molecule has 2 aliphatic rings. The second-order valence-electron chi connectivity index (χ2n) is 5.27. The number of oxime groups is 1. The number of carbonyl (C=O) groups is 1. The summed E-state index contributed by atoms with van der Waals surface area (Å²) < 4.78 is 0. The fourth-order valence-corrected chi connectivity index (χ4v) is 2.80. The van der Waals surface area contributed by atoms with Crippen molar-refractivity contribution in [2.24, 2.45) is 5.16 Å². The standard InChI is InChI=1S/C14H17N3O2/c1-11(18)17-7-3-5-14(10-17)8-13(16-19-14)12-4-2-6-15-9-12/h2,4,6,9H,3,5,7-8,10H2,1H3. The summed E-state index contributed by atoms with van der Waals surface area (Å²) in [6.07, 6.45) is 6.21. The van der Waals surface area contributed by atoms with E-state index in [1.807, 2.05) is 17.0 Å². The van der Waals surface area contributed by atoms with Crippen LogP contribution < -0.4 is 0 Å². The minimum atomic E-state index is -0.324. The van der Waals surface area contributed by atoms with Gasteiger partial charge in [0.15, 0.2) is 5.60 Å². The Morgan fingerprint density at radius 1 is 1.53 bits per heavy atom. The molecule has 0 aliphatic carbocycles. The summed E-state index contributed by atoms with van der Waals surface area (Å²) in [6, 6.07) is 3.88. The monoisotopic (exact) mass is 259 g/mol. The molecule has 1 amide bonds. The van der Waals surface area contributed by atoms with Crippen LogP contribution in [-0.4, -0.2) is 40.2 Å². The normalized spacial score (nSPS) is 26.2. The van der Waals surface area contributed by atoms with E-state index in [-0.39, 0.29) is 11.5 Å². The molecule has 5 heteroatoms. The van der Waals surface area contributed by atoms with Gasteiger partial charge in [-0.15, -0.1) is 0 Å². The number of hydrogen-bond donors (Lipinski definition) is 0. The van der Waals surface area contributed by atoms with Gasteiger partial charge in [0, 0.05) is 37.8 Å². The fraction of sp³-hybridized carbons (Fsp3) is 0.500. The van der Waals surface area contributed by atoms with Gasteiger partial charge in [-0.05, 0) is 25.0 Å². The molecule has 1 saturated heterocycles. The van der Waals surface area contributed by atoms with Crippen LogP contribution in [0.15, 0.2) is 29.7 Å². The average Bonchev–Trinajstić information content (AvgIpc) is 2.83. The lowest BCUT2D eigenvalue weighted by Crippen LogP contribution is -2.49. The zero-order valence-electron chi connectivity index (χ0n) is 11.0. The summed E-state index contributed by atoms with van der Waals surface area (Å²) in [4.78, 5) is 23.2. The maximum absolute atomic E-state index is 11.5. The van der Waals surface area contributed by atoms with Crippen LogP contribution in [0.2, 0.25) is 0 Å². The summed E-state index contributed by atoms with van der Waals surface area (Å²) in [5, 5.41) is 4.22. The molecule has 1 spiro atoms. The number of hydrogen-bond acceptors (Lipinski definition) is 4. The molecule has 3 heterocycles. The van der Waals surface area contributed by atoms with E-state index < -0.39 is 0 Å². The van der Waals surface area contributed by atoms with Gasteiger partial charge in [-0.3, -0.25) is 9.78 Å². The van der Waals surface area contributed by atoms with Crippen molar-refractivity contribution < 1.29 is 9.63 Å². The summed E-state index contributed by atoms with van der Waals surface area (Å²) >= 11 is 0. The van der Waals surface area contributed by atoms with Crippen molar-refractivity contribution in [3.05, 3.63) is 30.1 Å². The average molecular weight is 259 g/mol. The molecule has 2 aliphatic heterocycles. The number of piperidine rings is 1. The first-order valence-electron chi connectivity index (χ1n) is 6.60. The third kappa shape index (κ3) is 2.32. The molecule has 0 N–H and O–H groups in total. The topological polar surface area (TPSA) is 54.8 Å². The van der Waals surface area contributed by atoms with E-state index in [0.29, 0.717) is 6.54 Å². The zero-order chi connectivity index (χ0) is 13.3. The lowest BCUT2D eigenvalue weighted by Gasteiger charge is -2.37. The van der Waals surface area contributed by atoms with Crippen LogP contribution in [0, 0.1) is 0 Å². The fourth-order valence-electron chi connectivity index (χ4n) is 2.80. The van der Waals surface area contributed by atoms with Gasteiger partial charge in [0.1, 0.15) is 0 Å². The molecule has 0 radical (unpaired) electrons. The number of aromatic nitrogens is 1. The number of carbonyl (C=O) groups excluding carboxylic acids is 1. The molecular formula is C14H17N3O2. The first-order valence-corrected chi connectivity index (χ1v) is 6.60. The van der Waals surface area contributed by atoms with Gasteiger partial charge in [-0.1, -0.05) is 5.16 Å². The number of amides is 1. The highest BCUT2D eigenvalue weighted by molar-refractivity contribution is 6.01. The van der Waals surface area contributed by atoms with E-state index in [9.17, 15) is 4.79 Å². The number of rotatable bonds is 1. The maximum atomic E-state index is 11.5. The second-order valence-corrected chi connectivity index (χ2v) is 5.27. The van der Waals surface area contributed by atoms with E-state index in [0.717, 1.165) is 37.1 Å². The lowest BCUT2D eigenvalue weighted by atomic mass is 9.87. The predicted octanol–water partition coefficient (Wildman–Crippen LogP) is 1.59. The van der Waals surface area contributed by atoms with Crippen LogP contribution in [0.4, 0.5) is 0 Å². The smallest absolute Gasteiger partial charge is 0.219 e. The second kappa shape index (κ2) is 4.64. The Kier molecular flexibility index (Phi) is 2.97. The van der Waals surface area contributed by atoms with Crippen LogP contribution in [0.1, 0.15) is 31.7 Å². The molecule has 1 fully saturated rings. The summed E-state index contributed by atoms with van der Waals surface area (Å²) in [5.74, 6) is 0.109. The van der Waals surface area contributed by atoms with E-state index in [1.165, 1.54) is 0 Å². The first kappa shape index (κ1) is 12.1. The van der Waals surface area contributed by atoms with Crippen molar-refractivity contribution in [1.82, 2.24) is 9.88 Å². The largest absolute Gasteiger partial charge is 0.387 e. The first-order chi connectivity index (χ1) is 9.19. The van der Waals surface area contributed by atoms with E-state index in [1.54, 1.807) is 19.3 Å². The minimum absolute atomic E-state index is 0.109. The number of nitrogens with zero attached hydrogens (tertiary/aromatic N) is 3. The Hall–Kier alpha value is -1.91. The molecule has 1 aromatic rings. The molecule has 100 valence electrons. The van der Waals surface area contributed by atoms with Gasteiger partial charge in [0.05, 0.1) is 12.3 Å². The SMILES string of the molecule is CC(=O)N1CCCC2(CC(c3cccnc3)=NO2)C1. The van der Waals surface area contributed by atoms with E-state index in [2.05, 4.69) is 10.1 Å². The number of likely N-dealkylation sites (tertiary alicyclic amines) is 1. The summed E-state index contributed by atoms with van der Waals surface area (Å²) in [6.45, 7) is 3.06. The summed E-state index contributed by atoms with van der Waals surface area (Å²) in [7, 11) is 0. The third-order valence-electron chi connectivity index (χ3n) is 3.82. The van der Waals surface area contributed by atoms with Gasteiger partial charge in [-0.2, -0.15) is 0 Å². The van der Waals surface area contributed by atoms with Crippen LogP contribution in [0.3, 0.4) is 0 Å². The highest BCUT2D eigenvalue weighted by atomic mass is 16.7. The van der Waals surface area contributed by atoms with E-state index in [4.69, 9.17) is 4.84 Å². The van der Waals surface area contributed by atoms with Crippen LogP contribution in [-0.2, 0) is 9.63 Å². The van der Waals surface area contributed by atoms with Crippen molar-refractivity contribution in [3.8, 4) is 0 Å². The van der Waals surface area contributed by atoms with Crippen molar-refractivity contribution in [2.75, 3.05) is 13.1 Å². The van der Waals surface area contributed by atoms with Crippen molar-refractivity contribution in [3.63, 3.8) is 0 Å². The van der Waals surface area contributed by atoms with Crippen molar-refractivity contribution in [2.45, 2.75) is 31.8 Å². The zero-order valence-corrected chi connectivity index (χ0v) is 11.0. The Balaban J connectivity index is 1.74. The molecule has 0 bridgehead atoms. The van der Waals surface area contributed by atoms with Crippen LogP contribution in [0.5, 0.6) is 0 Å². The van der Waals surface area contributed by atoms with E-state index >= 15 is 0 Å². The molecule has 1 unspecified atom stereocenters. The molecule has 1 aromatic heterocycles. The van der Waals surface area contributed by atoms with Gasteiger partial charge in [-0.25, -0.2) is 0 Å². The minimum Gasteiger partial charge on any atom is -0.387 e. The van der Waals surface area contributed by atoms with Crippen LogP contribution in [0.25, 0.3) is 0 Å². The molecule has 0 aromatic carbocycles. The molecule has 1 atom stereocenters. The van der Waals surface area contributed by atoms with Gasteiger partial charge < -0.3 is 9.74 Å². The molecular weight excluding hydrogens is 242 g/mol. The van der Waals surface area contributed by atoms with Gasteiger partial charge in [0.2, 0.25) is 5.91 Å². The molecule has 5 nitrogen and oxygen atoms in total. The Bertz CT molecular complexity index is 515.